The minimum Gasteiger partial charge on any atom is -0.462 e. The van der Waals surface area contributed by atoms with Gasteiger partial charge in [0.05, 0.1) is 13.3 Å². The van der Waals surface area contributed by atoms with E-state index in [1.165, 1.54) is 6.20 Å². The molecule has 104 valence electrons. The number of benzene rings is 1. The van der Waals surface area contributed by atoms with Crippen LogP contribution in [0.2, 0.25) is 0 Å². The zero-order chi connectivity index (χ0) is 14.7. The van der Waals surface area contributed by atoms with Gasteiger partial charge in [0, 0.05) is 5.56 Å². The summed E-state index contributed by atoms with van der Waals surface area (Å²) in [5, 5.41) is 17.3. The van der Waals surface area contributed by atoms with Gasteiger partial charge in [-0.05, 0) is 12.1 Å². The lowest BCUT2D eigenvalue weighted by Crippen LogP contribution is -2.43. The van der Waals surface area contributed by atoms with Crippen LogP contribution < -0.4 is 0 Å². The molecule has 0 saturated carbocycles. The lowest BCUT2D eigenvalue weighted by atomic mass is 10.1. The van der Waals surface area contributed by atoms with Gasteiger partial charge in [-0.15, -0.1) is 5.11 Å². The third-order valence-electron chi connectivity index (χ3n) is 2.57. The molecule has 0 bridgehead atoms. The number of hydrogen-bond acceptors (Lipinski definition) is 5. The number of hydrogen-bond donors (Lipinski definition) is 1. The van der Waals surface area contributed by atoms with E-state index in [4.69, 9.17) is 5.11 Å². The largest absolute Gasteiger partial charge is 0.462 e. The topological polar surface area (TPSA) is 94.8 Å². The van der Waals surface area contributed by atoms with E-state index in [2.05, 4.69) is 15.1 Å². The van der Waals surface area contributed by atoms with Crippen LogP contribution in [0, 0.1) is 6.92 Å². The molecular weight excluding hydrogens is 264 g/mol. The standard InChI is InChI=1S/C12H12N4O4/c1-8-3-5-9(6-4-8)10-7-15(12(19)20-2)16(11(17)18)14-13-10/h3-7H,1-2H3,(H,17,18). The Hall–Kier alpha value is -2.90. The third kappa shape index (κ3) is 2.58. The van der Waals surface area contributed by atoms with E-state index in [0.717, 1.165) is 17.7 Å². The van der Waals surface area contributed by atoms with Gasteiger partial charge >= 0.3 is 12.2 Å². The van der Waals surface area contributed by atoms with E-state index in [9.17, 15) is 9.59 Å². The Balaban J connectivity index is 2.36. The van der Waals surface area contributed by atoms with E-state index < -0.39 is 12.2 Å². The van der Waals surface area contributed by atoms with Crippen LogP contribution in [0.4, 0.5) is 9.59 Å². The first-order valence-electron chi connectivity index (χ1n) is 5.63. The Bertz CT molecular complexity index is 594. The van der Waals surface area contributed by atoms with Crippen LogP contribution in [0.3, 0.4) is 0 Å². The van der Waals surface area contributed by atoms with Gasteiger partial charge in [-0.25, -0.2) is 9.59 Å². The van der Waals surface area contributed by atoms with E-state index >= 15 is 0 Å². The van der Waals surface area contributed by atoms with Gasteiger partial charge < -0.3 is 9.84 Å². The minimum absolute atomic E-state index is 0.355. The van der Waals surface area contributed by atoms with Gasteiger partial charge in [-0.1, -0.05) is 34.9 Å². The van der Waals surface area contributed by atoms with Crippen LogP contribution in [-0.2, 0) is 4.74 Å². The number of carbonyl (C=O) groups excluding carboxylic acids is 1. The summed E-state index contributed by atoms with van der Waals surface area (Å²) >= 11 is 0. The highest BCUT2D eigenvalue weighted by atomic mass is 16.6. The predicted molar refractivity (Wildman–Crippen MR) is 68.1 cm³/mol. The number of ether oxygens (including phenoxy) is 1. The molecule has 0 aliphatic carbocycles. The van der Waals surface area contributed by atoms with Gasteiger partial charge in [-0.2, -0.15) is 5.01 Å². The Labute approximate surface area is 114 Å². The van der Waals surface area contributed by atoms with Crippen molar-refractivity contribution in [3.05, 3.63) is 41.6 Å². The van der Waals surface area contributed by atoms with Gasteiger partial charge in [0.15, 0.2) is 0 Å². The SMILES string of the molecule is COC(=O)N1C=C(c2ccc(C)cc2)N=NN1C(=O)O. The quantitative estimate of drug-likeness (QED) is 0.852. The van der Waals surface area contributed by atoms with Gasteiger partial charge in [0.25, 0.3) is 0 Å². The second-order valence-electron chi connectivity index (χ2n) is 3.96. The molecule has 0 atom stereocenters. The number of hydrazine groups is 1. The van der Waals surface area contributed by atoms with Crippen molar-refractivity contribution in [3.63, 3.8) is 0 Å². The summed E-state index contributed by atoms with van der Waals surface area (Å²) in [5.41, 5.74) is 2.13. The number of rotatable bonds is 1. The van der Waals surface area contributed by atoms with Gasteiger partial charge in [0.1, 0.15) is 5.70 Å². The summed E-state index contributed by atoms with van der Waals surface area (Å²) in [6.45, 7) is 1.94. The number of carboxylic acid groups (broad SMARTS) is 1. The van der Waals surface area contributed by atoms with Crippen molar-refractivity contribution < 1.29 is 19.4 Å². The summed E-state index contributed by atoms with van der Waals surface area (Å²) < 4.78 is 4.51. The Morgan fingerprint density at radius 3 is 2.45 bits per heavy atom. The molecule has 1 aromatic carbocycles. The average Bonchev–Trinajstić information content (AvgIpc) is 2.46. The molecule has 8 nitrogen and oxygen atoms in total. The van der Waals surface area contributed by atoms with Crippen LogP contribution in [-0.4, -0.2) is 34.5 Å². The first-order valence-corrected chi connectivity index (χ1v) is 5.63. The first kappa shape index (κ1) is 13.5. The lowest BCUT2D eigenvalue weighted by Gasteiger charge is -2.26. The molecule has 20 heavy (non-hydrogen) atoms. The molecule has 8 heteroatoms. The predicted octanol–water partition coefficient (Wildman–Crippen LogP) is 2.64. The molecule has 1 aromatic rings. The number of aryl methyl sites for hydroxylation is 1. The number of amides is 2. The van der Waals surface area contributed by atoms with Crippen LogP contribution in [0.25, 0.3) is 5.70 Å². The van der Waals surface area contributed by atoms with Crippen molar-refractivity contribution in [1.29, 1.82) is 0 Å². The molecule has 1 heterocycles. The molecular formula is C12H12N4O4. The van der Waals surface area contributed by atoms with Crippen LogP contribution in [0.1, 0.15) is 11.1 Å². The van der Waals surface area contributed by atoms with Crippen molar-refractivity contribution in [2.75, 3.05) is 7.11 Å². The summed E-state index contributed by atoms with van der Waals surface area (Å²) in [4.78, 5) is 22.5. The van der Waals surface area contributed by atoms with Crippen molar-refractivity contribution in [1.82, 2.24) is 10.1 Å². The zero-order valence-corrected chi connectivity index (χ0v) is 10.8. The monoisotopic (exact) mass is 276 g/mol. The zero-order valence-electron chi connectivity index (χ0n) is 10.8. The Morgan fingerprint density at radius 1 is 1.25 bits per heavy atom. The van der Waals surface area contributed by atoms with Gasteiger partial charge in [-0.3, -0.25) is 0 Å². The van der Waals surface area contributed by atoms with Crippen molar-refractivity contribution in [3.8, 4) is 0 Å². The molecule has 0 aromatic heterocycles. The van der Waals surface area contributed by atoms with Crippen molar-refractivity contribution >= 4 is 17.9 Å². The molecule has 0 spiro atoms. The average molecular weight is 276 g/mol. The summed E-state index contributed by atoms with van der Waals surface area (Å²) in [6, 6.07) is 7.34. The molecule has 0 fully saturated rings. The summed E-state index contributed by atoms with van der Waals surface area (Å²) in [6.07, 6.45) is -1.08. The molecule has 1 aliphatic rings. The highest BCUT2D eigenvalue weighted by Gasteiger charge is 2.29. The fourth-order valence-corrected chi connectivity index (χ4v) is 1.54. The van der Waals surface area contributed by atoms with Crippen LogP contribution in [0.15, 0.2) is 40.8 Å². The molecule has 2 amide bonds. The number of methoxy groups -OCH3 is 1. The lowest BCUT2D eigenvalue weighted by molar-refractivity contribution is 0.0180. The molecule has 0 saturated heterocycles. The summed E-state index contributed by atoms with van der Waals surface area (Å²) in [5.74, 6) is 0. The smallest absolute Gasteiger partial charge is 0.450 e. The maximum Gasteiger partial charge on any atom is 0.450 e. The first-order chi connectivity index (χ1) is 9.52. The van der Waals surface area contributed by atoms with E-state index in [0.29, 0.717) is 16.4 Å². The summed E-state index contributed by atoms with van der Waals surface area (Å²) in [7, 11) is 1.15. The highest BCUT2D eigenvalue weighted by molar-refractivity contribution is 5.77. The Morgan fingerprint density at radius 2 is 1.90 bits per heavy atom. The second-order valence-corrected chi connectivity index (χ2v) is 3.96. The van der Waals surface area contributed by atoms with Gasteiger partial charge in [0.2, 0.25) is 0 Å². The third-order valence-corrected chi connectivity index (χ3v) is 2.57. The number of nitrogens with zero attached hydrogens (tertiary/aromatic N) is 4. The second kappa shape index (κ2) is 5.39. The van der Waals surface area contributed by atoms with Crippen molar-refractivity contribution in [2.45, 2.75) is 6.92 Å². The van der Waals surface area contributed by atoms with Crippen LogP contribution in [0.5, 0.6) is 0 Å². The molecule has 0 radical (unpaired) electrons. The van der Waals surface area contributed by atoms with E-state index in [1.807, 2.05) is 19.1 Å². The molecule has 1 aliphatic heterocycles. The molecule has 2 rings (SSSR count). The number of carbonyl (C=O) groups is 2. The van der Waals surface area contributed by atoms with Crippen molar-refractivity contribution in [2.24, 2.45) is 10.3 Å². The highest BCUT2D eigenvalue weighted by Crippen LogP contribution is 2.23. The van der Waals surface area contributed by atoms with E-state index in [-0.39, 0.29) is 0 Å². The maximum absolute atomic E-state index is 11.6. The minimum atomic E-state index is -1.45. The van der Waals surface area contributed by atoms with Crippen LogP contribution >= 0.6 is 0 Å². The molecule has 1 N–H and O–H groups in total. The normalized spacial score (nSPS) is 14.0. The fourth-order valence-electron chi connectivity index (χ4n) is 1.54. The Kier molecular flexibility index (Phi) is 3.65. The fraction of sp³-hybridized carbons (Fsp3) is 0.167. The van der Waals surface area contributed by atoms with E-state index in [1.54, 1.807) is 12.1 Å². The maximum atomic E-state index is 11.6. The molecule has 0 unspecified atom stereocenters.